The Morgan fingerprint density at radius 1 is 1.28 bits per heavy atom. The van der Waals surface area contributed by atoms with Crippen LogP contribution in [0.3, 0.4) is 0 Å². The number of carbonyl (C=O) groups is 1. The summed E-state index contributed by atoms with van der Waals surface area (Å²) < 4.78 is 0. The molecule has 0 saturated carbocycles. The first-order valence-electron chi connectivity index (χ1n) is 5.95. The Labute approximate surface area is 104 Å². The lowest BCUT2D eigenvalue weighted by atomic mass is 10.1. The van der Waals surface area contributed by atoms with E-state index in [9.17, 15) is 4.79 Å². The number of carbonyl (C=O) groups excluding carboxylic acids is 1. The van der Waals surface area contributed by atoms with Gasteiger partial charge in [-0.05, 0) is 25.0 Å². The predicted octanol–water partition coefficient (Wildman–Crippen LogP) is 0.715. The minimum absolute atomic E-state index is 0.0299. The second kappa shape index (κ2) is 4.56. The Bertz CT molecular complexity index is 585. The van der Waals surface area contributed by atoms with Gasteiger partial charge in [0, 0.05) is 18.9 Å². The molecule has 1 aliphatic rings. The number of piperidine rings is 1. The fraction of sp³-hybridized carbons (Fsp3) is 0.333. The molecule has 1 unspecified atom stereocenters. The summed E-state index contributed by atoms with van der Waals surface area (Å²) in [5.74, 6) is 0.687. The average Bonchev–Trinajstić information content (AvgIpc) is 2.41. The molecule has 1 saturated heterocycles. The summed E-state index contributed by atoms with van der Waals surface area (Å²) in [7, 11) is 0. The molecule has 1 amide bonds. The van der Waals surface area contributed by atoms with Gasteiger partial charge in [0.1, 0.15) is 17.4 Å². The van der Waals surface area contributed by atoms with Crippen LogP contribution >= 0.6 is 0 Å². The fourth-order valence-corrected chi connectivity index (χ4v) is 2.02. The van der Waals surface area contributed by atoms with Crippen LogP contribution in [0.2, 0.25) is 0 Å². The first kappa shape index (κ1) is 10.9. The molecule has 2 N–H and O–H groups in total. The molecule has 18 heavy (non-hydrogen) atoms. The number of rotatable bonds is 2. The van der Waals surface area contributed by atoms with Gasteiger partial charge in [-0.2, -0.15) is 0 Å². The van der Waals surface area contributed by atoms with Gasteiger partial charge < -0.3 is 10.6 Å². The number of hydrogen-bond donors (Lipinski definition) is 2. The molecule has 92 valence electrons. The molecule has 6 nitrogen and oxygen atoms in total. The van der Waals surface area contributed by atoms with Crippen molar-refractivity contribution in [1.29, 1.82) is 0 Å². The summed E-state index contributed by atoms with van der Waals surface area (Å²) in [6.45, 7) is 0.758. The van der Waals surface area contributed by atoms with E-state index in [-0.39, 0.29) is 11.9 Å². The maximum absolute atomic E-state index is 11.6. The lowest BCUT2D eigenvalue weighted by Gasteiger charge is -2.23. The van der Waals surface area contributed by atoms with Crippen LogP contribution in [0.15, 0.2) is 24.5 Å². The van der Waals surface area contributed by atoms with Gasteiger partial charge in [0.25, 0.3) is 0 Å². The first-order chi connectivity index (χ1) is 8.83. The molecule has 3 heterocycles. The zero-order valence-corrected chi connectivity index (χ0v) is 9.76. The van der Waals surface area contributed by atoms with E-state index in [1.165, 1.54) is 0 Å². The fourth-order valence-electron chi connectivity index (χ4n) is 2.02. The maximum Gasteiger partial charge on any atom is 0.242 e. The molecule has 0 aromatic carbocycles. The van der Waals surface area contributed by atoms with Crippen LogP contribution in [0.5, 0.6) is 0 Å². The Morgan fingerprint density at radius 2 is 2.17 bits per heavy atom. The average molecular weight is 243 g/mol. The number of nitrogens with zero attached hydrogens (tertiary/aromatic N) is 3. The summed E-state index contributed by atoms with van der Waals surface area (Å²) in [6, 6.07) is 3.46. The molecule has 0 aliphatic carbocycles. The quantitative estimate of drug-likeness (QED) is 0.812. The summed E-state index contributed by atoms with van der Waals surface area (Å²) in [5, 5.41) is 5.96. The normalized spacial score (nSPS) is 19.6. The van der Waals surface area contributed by atoms with Crippen molar-refractivity contribution in [3.63, 3.8) is 0 Å². The number of hydrogen-bond acceptors (Lipinski definition) is 5. The van der Waals surface area contributed by atoms with E-state index >= 15 is 0 Å². The standard InChI is InChI=1S/C12H13N5O/c18-12-9(2-1-5-15-12)16-10-4-3-8-11(17-10)14-7-6-13-8/h3-4,6-7,9H,1-2,5H2,(H,15,18)(H,14,16,17). The van der Waals surface area contributed by atoms with E-state index in [0.717, 1.165) is 24.9 Å². The lowest BCUT2D eigenvalue weighted by molar-refractivity contribution is -0.123. The van der Waals surface area contributed by atoms with Gasteiger partial charge in [-0.15, -0.1) is 0 Å². The van der Waals surface area contributed by atoms with Crippen LogP contribution in [0.25, 0.3) is 11.2 Å². The summed E-state index contributed by atoms with van der Waals surface area (Å²) in [6.07, 6.45) is 5.04. The van der Waals surface area contributed by atoms with E-state index in [0.29, 0.717) is 11.5 Å². The monoisotopic (exact) mass is 243 g/mol. The van der Waals surface area contributed by atoms with Crippen molar-refractivity contribution in [2.75, 3.05) is 11.9 Å². The van der Waals surface area contributed by atoms with Crippen molar-refractivity contribution in [2.45, 2.75) is 18.9 Å². The number of anilines is 1. The highest BCUT2D eigenvalue weighted by molar-refractivity contribution is 5.85. The van der Waals surface area contributed by atoms with Crippen molar-refractivity contribution >= 4 is 22.9 Å². The minimum atomic E-state index is -0.208. The summed E-state index contributed by atoms with van der Waals surface area (Å²) >= 11 is 0. The molecule has 3 rings (SSSR count). The highest BCUT2D eigenvalue weighted by Crippen LogP contribution is 2.14. The number of aromatic nitrogens is 3. The molecule has 0 spiro atoms. The topological polar surface area (TPSA) is 79.8 Å². The van der Waals surface area contributed by atoms with Crippen molar-refractivity contribution in [3.8, 4) is 0 Å². The Balaban J connectivity index is 1.83. The highest BCUT2D eigenvalue weighted by atomic mass is 16.2. The van der Waals surface area contributed by atoms with Crippen molar-refractivity contribution in [2.24, 2.45) is 0 Å². The Hall–Kier alpha value is -2.24. The van der Waals surface area contributed by atoms with Crippen LogP contribution in [0, 0.1) is 0 Å². The third-order valence-corrected chi connectivity index (χ3v) is 2.94. The van der Waals surface area contributed by atoms with E-state index in [1.54, 1.807) is 12.4 Å². The summed E-state index contributed by atoms with van der Waals surface area (Å²) in [4.78, 5) is 24.3. The molecule has 1 aliphatic heterocycles. The van der Waals surface area contributed by atoms with E-state index < -0.39 is 0 Å². The number of pyridine rings is 1. The smallest absolute Gasteiger partial charge is 0.242 e. The van der Waals surface area contributed by atoms with Gasteiger partial charge >= 0.3 is 0 Å². The molecule has 2 aromatic rings. The lowest BCUT2D eigenvalue weighted by Crippen LogP contribution is -2.44. The predicted molar refractivity (Wildman–Crippen MR) is 67.0 cm³/mol. The second-order valence-corrected chi connectivity index (χ2v) is 4.23. The Kier molecular flexibility index (Phi) is 2.76. The largest absolute Gasteiger partial charge is 0.358 e. The highest BCUT2D eigenvalue weighted by Gasteiger charge is 2.21. The molecule has 1 atom stereocenters. The zero-order valence-electron chi connectivity index (χ0n) is 9.76. The van der Waals surface area contributed by atoms with Crippen LogP contribution < -0.4 is 10.6 Å². The number of nitrogens with one attached hydrogen (secondary N) is 2. The molecule has 0 radical (unpaired) electrons. The first-order valence-corrected chi connectivity index (χ1v) is 5.95. The molecule has 0 bridgehead atoms. The number of fused-ring (bicyclic) bond motifs is 1. The van der Waals surface area contributed by atoms with Gasteiger partial charge in [-0.25, -0.2) is 9.97 Å². The van der Waals surface area contributed by atoms with Gasteiger partial charge in [0.15, 0.2) is 5.65 Å². The van der Waals surface area contributed by atoms with E-state index in [1.807, 2.05) is 12.1 Å². The van der Waals surface area contributed by atoms with Crippen molar-refractivity contribution in [3.05, 3.63) is 24.5 Å². The second-order valence-electron chi connectivity index (χ2n) is 4.23. The van der Waals surface area contributed by atoms with Gasteiger partial charge in [0.05, 0.1) is 0 Å². The van der Waals surface area contributed by atoms with Gasteiger partial charge in [0.2, 0.25) is 5.91 Å². The molecular formula is C12H13N5O. The van der Waals surface area contributed by atoms with E-state index in [2.05, 4.69) is 25.6 Å². The van der Waals surface area contributed by atoms with Crippen molar-refractivity contribution in [1.82, 2.24) is 20.3 Å². The van der Waals surface area contributed by atoms with Gasteiger partial charge in [-0.3, -0.25) is 9.78 Å². The zero-order chi connectivity index (χ0) is 12.4. The van der Waals surface area contributed by atoms with Crippen LogP contribution in [0.1, 0.15) is 12.8 Å². The van der Waals surface area contributed by atoms with Crippen LogP contribution in [0.4, 0.5) is 5.82 Å². The Morgan fingerprint density at radius 3 is 3.06 bits per heavy atom. The molecule has 2 aromatic heterocycles. The number of amides is 1. The third-order valence-electron chi connectivity index (χ3n) is 2.94. The molecular weight excluding hydrogens is 230 g/mol. The molecule has 1 fully saturated rings. The van der Waals surface area contributed by atoms with Crippen molar-refractivity contribution < 1.29 is 4.79 Å². The maximum atomic E-state index is 11.6. The SMILES string of the molecule is O=C1NCCCC1Nc1ccc2nccnc2n1. The third kappa shape index (κ3) is 2.09. The minimum Gasteiger partial charge on any atom is -0.358 e. The van der Waals surface area contributed by atoms with Gasteiger partial charge in [-0.1, -0.05) is 0 Å². The van der Waals surface area contributed by atoms with E-state index in [4.69, 9.17) is 0 Å². The van der Waals surface area contributed by atoms with Crippen LogP contribution in [-0.4, -0.2) is 33.4 Å². The molecule has 6 heteroatoms. The van der Waals surface area contributed by atoms with Crippen LogP contribution in [-0.2, 0) is 4.79 Å². The summed E-state index contributed by atoms with van der Waals surface area (Å²) in [5.41, 5.74) is 1.33.